The van der Waals surface area contributed by atoms with Crippen molar-refractivity contribution in [1.29, 1.82) is 5.26 Å². The van der Waals surface area contributed by atoms with Gasteiger partial charge in [-0.05, 0) is 11.6 Å². The van der Waals surface area contributed by atoms with Gasteiger partial charge < -0.3 is 10.2 Å². The molecule has 5 heteroatoms. The van der Waals surface area contributed by atoms with E-state index < -0.39 is 5.97 Å². The van der Waals surface area contributed by atoms with Crippen LogP contribution in [0, 0.1) is 11.3 Å². The summed E-state index contributed by atoms with van der Waals surface area (Å²) in [4.78, 5) is 12.4. The average molecular weight is 248 g/mol. The molecule has 0 saturated carbocycles. The topological polar surface area (TPSA) is 84.6 Å². The molecule has 0 aliphatic rings. The van der Waals surface area contributed by atoms with E-state index in [1.807, 2.05) is 17.0 Å². The van der Waals surface area contributed by atoms with E-state index in [0.29, 0.717) is 25.2 Å². The molecule has 0 aliphatic heterocycles. The standard InChI is InChI=1S/C13H16N2O3/c14-9-11-3-1-2-4-12(11)10-15(7-8-16)6-5-13(17)18/h1-4,16H,5-8,10H2,(H,17,18). The van der Waals surface area contributed by atoms with Crippen LogP contribution in [-0.2, 0) is 11.3 Å². The summed E-state index contributed by atoms with van der Waals surface area (Å²) in [6.07, 6.45) is 0.0225. The predicted molar refractivity (Wildman–Crippen MR) is 65.8 cm³/mol. The fraction of sp³-hybridized carbons (Fsp3) is 0.385. The molecule has 0 spiro atoms. The number of carboxylic acids is 1. The first kappa shape index (κ1) is 14.2. The maximum Gasteiger partial charge on any atom is 0.304 e. The third-order valence-corrected chi connectivity index (χ3v) is 2.59. The van der Waals surface area contributed by atoms with Crippen molar-refractivity contribution in [3.8, 4) is 6.07 Å². The van der Waals surface area contributed by atoms with Gasteiger partial charge in [-0.25, -0.2) is 0 Å². The normalized spacial score (nSPS) is 10.3. The molecule has 1 aromatic rings. The summed E-state index contributed by atoms with van der Waals surface area (Å²) >= 11 is 0. The van der Waals surface area contributed by atoms with E-state index >= 15 is 0 Å². The molecule has 0 atom stereocenters. The third-order valence-electron chi connectivity index (χ3n) is 2.59. The number of hydrogen-bond donors (Lipinski definition) is 2. The molecule has 0 aromatic heterocycles. The van der Waals surface area contributed by atoms with Crippen LogP contribution >= 0.6 is 0 Å². The molecule has 0 heterocycles. The van der Waals surface area contributed by atoms with Gasteiger partial charge in [0.25, 0.3) is 0 Å². The van der Waals surface area contributed by atoms with Crippen molar-refractivity contribution in [2.24, 2.45) is 0 Å². The van der Waals surface area contributed by atoms with Crippen molar-refractivity contribution < 1.29 is 15.0 Å². The highest BCUT2D eigenvalue weighted by atomic mass is 16.4. The van der Waals surface area contributed by atoms with Crippen molar-refractivity contribution in [2.45, 2.75) is 13.0 Å². The van der Waals surface area contributed by atoms with Crippen molar-refractivity contribution >= 4 is 5.97 Å². The fourth-order valence-electron chi connectivity index (χ4n) is 1.67. The van der Waals surface area contributed by atoms with Crippen molar-refractivity contribution in [1.82, 2.24) is 4.90 Å². The van der Waals surface area contributed by atoms with Gasteiger partial charge in [0.15, 0.2) is 0 Å². The predicted octanol–water partition coefficient (Wildman–Crippen LogP) is 0.827. The first-order valence-corrected chi connectivity index (χ1v) is 5.70. The molecule has 2 N–H and O–H groups in total. The lowest BCUT2D eigenvalue weighted by atomic mass is 10.1. The van der Waals surface area contributed by atoms with Gasteiger partial charge in [0.1, 0.15) is 0 Å². The molecule has 0 radical (unpaired) electrons. The Labute approximate surface area is 106 Å². The number of aliphatic carboxylic acids is 1. The Morgan fingerprint density at radius 2 is 2.06 bits per heavy atom. The lowest BCUT2D eigenvalue weighted by Gasteiger charge is -2.20. The molecule has 0 unspecified atom stereocenters. The monoisotopic (exact) mass is 248 g/mol. The van der Waals surface area contributed by atoms with E-state index in [1.165, 1.54) is 0 Å². The number of nitrogens with zero attached hydrogens (tertiary/aromatic N) is 2. The Morgan fingerprint density at radius 1 is 1.33 bits per heavy atom. The van der Waals surface area contributed by atoms with Gasteiger partial charge >= 0.3 is 5.97 Å². The zero-order valence-corrected chi connectivity index (χ0v) is 10.0. The Bertz CT molecular complexity index is 440. The Hall–Kier alpha value is -1.90. The number of benzene rings is 1. The average Bonchev–Trinajstić information content (AvgIpc) is 2.37. The highest BCUT2D eigenvalue weighted by Crippen LogP contribution is 2.10. The molecule has 0 amide bonds. The zero-order chi connectivity index (χ0) is 13.4. The highest BCUT2D eigenvalue weighted by molar-refractivity contribution is 5.66. The van der Waals surface area contributed by atoms with Gasteiger partial charge in [0, 0.05) is 19.6 Å². The smallest absolute Gasteiger partial charge is 0.304 e. The number of carboxylic acid groups (broad SMARTS) is 1. The lowest BCUT2D eigenvalue weighted by molar-refractivity contribution is -0.137. The van der Waals surface area contributed by atoms with Crippen LogP contribution in [-0.4, -0.2) is 40.8 Å². The van der Waals surface area contributed by atoms with Crippen LogP contribution in [0.3, 0.4) is 0 Å². The van der Waals surface area contributed by atoms with E-state index in [2.05, 4.69) is 6.07 Å². The second kappa shape index (κ2) is 7.43. The molecule has 0 fully saturated rings. The number of rotatable bonds is 7. The van der Waals surface area contributed by atoms with Crippen LogP contribution in [0.4, 0.5) is 0 Å². The number of aliphatic hydroxyl groups excluding tert-OH is 1. The quantitative estimate of drug-likeness (QED) is 0.746. The summed E-state index contributed by atoms with van der Waals surface area (Å²) in [5.41, 5.74) is 1.43. The van der Waals surface area contributed by atoms with Crippen LogP contribution in [0.15, 0.2) is 24.3 Å². The minimum absolute atomic E-state index is 0.0225. The van der Waals surface area contributed by atoms with Crippen LogP contribution in [0.1, 0.15) is 17.5 Å². The lowest BCUT2D eigenvalue weighted by Crippen LogP contribution is -2.29. The maximum atomic E-state index is 10.5. The molecular formula is C13H16N2O3. The van der Waals surface area contributed by atoms with Crippen LogP contribution in [0.25, 0.3) is 0 Å². The van der Waals surface area contributed by atoms with Crippen molar-refractivity contribution in [3.63, 3.8) is 0 Å². The summed E-state index contributed by atoms with van der Waals surface area (Å²) in [6, 6.07) is 9.29. The molecular weight excluding hydrogens is 232 g/mol. The zero-order valence-electron chi connectivity index (χ0n) is 10.0. The second-order valence-electron chi connectivity index (χ2n) is 3.91. The Balaban J connectivity index is 2.70. The minimum Gasteiger partial charge on any atom is -0.481 e. The summed E-state index contributed by atoms with van der Waals surface area (Å²) in [5.74, 6) is -0.869. The van der Waals surface area contributed by atoms with Gasteiger partial charge in [0.2, 0.25) is 0 Å². The van der Waals surface area contributed by atoms with E-state index in [0.717, 1.165) is 5.56 Å². The third kappa shape index (κ3) is 4.53. The molecule has 0 bridgehead atoms. The molecule has 5 nitrogen and oxygen atoms in total. The van der Waals surface area contributed by atoms with Crippen molar-refractivity contribution in [3.05, 3.63) is 35.4 Å². The van der Waals surface area contributed by atoms with Gasteiger partial charge in [0.05, 0.1) is 24.7 Å². The Morgan fingerprint density at radius 3 is 2.67 bits per heavy atom. The fourth-order valence-corrected chi connectivity index (χ4v) is 1.67. The molecule has 0 aliphatic carbocycles. The Kier molecular flexibility index (Phi) is 5.85. The van der Waals surface area contributed by atoms with E-state index in [4.69, 9.17) is 15.5 Å². The second-order valence-corrected chi connectivity index (χ2v) is 3.91. The summed E-state index contributed by atoms with van der Waals surface area (Å²) in [7, 11) is 0. The molecule has 0 saturated heterocycles. The van der Waals surface area contributed by atoms with Crippen LogP contribution < -0.4 is 0 Å². The molecule has 1 rings (SSSR count). The van der Waals surface area contributed by atoms with Crippen molar-refractivity contribution in [2.75, 3.05) is 19.7 Å². The number of carbonyl (C=O) groups is 1. The summed E-state index contributed by atoms with van der Waals surface area (Å²) in [5, 5.41) is 26.6. The van der Waals surface area contributed by atoms with Gasteiger partial charge in [-0.1, -0.05) is 18.2 Å². The molecule has 1 aromatic carbocycles. The van der Waals surface area contributed by atoms with Gasteiger partial charge in [-0.15, -0.1) is 0 Å². The van der Waals surface area contributed by atoms with Gasteiger partial charge in [-0.2, -0.15) is 5.26 Å². The molecule has 96 valence electrons. The highest BCUT2D eigenvalue weighted by Gasteiger charge is 2.10. The van der Waals surface area contributed by atoms with Gasteiger partial charge in [-0.3, -0.25) is 9.69 Å². The maximum absolute atomic E-state index is 10.5. The van der Waals surface area contributed by atoms with Crippen LogP contribution in [0.2, 0.25) is 0 Å². The van der Waals surface area contributed by atoms with E-state index in [1.54, 1.807) is 12.1 Å². The minimum atomic E-state index is -0.869. The summed E-state index contributed by atoms with van der Waals surface area (Å²) < 4.78 is 0. The SMILES string of the molecule is N#Cc1ccccc1CN(CCO)CCC(=O)O. The molecule has 18 heavy (non-hydrogen) atoms. The largest absolute Gasteiger partial charge is 0.481 e. The van der Waals surface area contributed by atoms with Crippen LogP contribution in [0.5, 0.6) is 0 Å². The first-order chi connectivity index (χ1) is 8.67. The van der Waals surface area contributed by atoms with E-state index in [9.17, 15) is 4.79 Å². The number of hydrogen-bond acceptors (Lipinski definition) is 4. The number of nitriles is 1. The first-order valence-electron chi connectivity index (χ1n) is 5.70. The number of aliphatic hydroxyl groups is 1. The van der Waals surface area contributed by atoms with E-state index in [-0.39, 0.29) is 13.0 Å². The summed E-state index contributed by atoms with van der Waals surface area (Å²) in [6.45, 7) is 1.19.